The Balaban J connectivity index is 1.23. The second-order valence-electron chi connectivity index (χ2n) is 11.6. The highest BCUT2D eigenvalue weighted by Crippen LogP contribution is 2.48. The summed E-state index contributed by atoms with van der Waals surface area (Å²) in [5.74, 6) is -3.49. The fourth-order valence-corrected chi connectivity index (χ4v) is 4.78. The number of Topliss-reactive ketones (excluding diaryl/α,β-unsaturated/α-hetero) is 1. The van der Waals surface area contributed by atoms with Crippen LogP contribution in [0, 0.1) is 5.92 Å². The predicted octanol–water partition coefficient (Wildman–Crippen LogP) is 4.37. The molecule has 17 heteroatoms. The Morgan fingerprint density at radius 1 is 0.979 bits per heavy atom. The van der Waals surface area contributed by atoms with Gasteiger partial charge in [-0.2, -0.15) is 28.1 Å². The molecule has 0 radical (unpaired) electrons. The minimum atomic E-state index is -4.63. The monoisotopic (exact) mass is 689 g/mol. The van der Waals surface area contributed by atoms with E-state index in [1.54, 1.807) is 12.1 Å². The molecule has 1 aromatic heterocycles. The fourth-order valence-electron chi connectivity index (χ4n) is 4.65. The number of hydrogen-bond donors (Lipinski definition) is 5. The third kappa shape index (κ3) is 9.76. The molecule has 2 saturated carbocycles. The van der Waals surface area contributed by atoms with Gasteiger partial charge in [0.25, 0.3) is 11.8 Å². The number of rotatable bonds is 16. The standard InChI is InChI=1S/C31H31ClF3N7O6/c32-20-7-5-19(6-8-20)30(13-14-30)42-28-39-27(40-29(41-28)48-16-31(33,34)35)37-21-9-3-18(4-10-21)24(44)38-22(26(46)47)11-12-23(43)25(45)36-15-17-1-2-17/h3-10,17,22H,1-2,11-16H2,(H,36,45)(H,38,44)(H,46,47)(H2,37,39,40,41,42)/t22-/m0/s1. The van der Waals surface area contributed by atoms with E-state index in [4.69, 9.17) is 16.3 Å². The van der Waals surface area contributed by atoms with Crippen LogP contribution in [0.4, 0.5) is 30.8 Å². The molecule has 2 aliphatic rings. The van der Waals surface area contributed by atoms with E-state index < -0.39 is 53.9 Å². The molecule has 254 valence electrons. The summed E-state index contributed by atoms with van der Waals surface area (Å²) in [6, 6.07) is 10.7. The van der Waals surface area contributed by atoms with Crippen molar-refractivity contribution in [1.29, 1.82) is 0 Å². The zero-order valence-electron chi connectivity index (χ0n) is 25.3. The molecule has 0 bridgehead atoms. The zero-order valence-corrected chi connectivity index (χ0v) is 26.0. The van der Waals surface area contributed by atoms with Crippen molar-refractivity contribution in [2.45, 2.75) is 56.3 Å². The molecule has 5 N–H and O–H groups in total. The molecule has 48 heavy (non-hydrogen) atoms. The minimum Gasteiger partial charge on any atom is -0.480 e. The number of hydrogen-bond acceptors (Lipinski definition) is 10. The lowest BCUT2D eigenvalue weighted by Gasteiger charge is -2.19. The van der Waals surface area contributed by atoms with E-state index >= 15 is 0 Å². The van der Waals surface area contributed by atoms with Gasteiger partial charge in [0, 0.05) is 29.2 Å². The maximum Gasteiger partial charge on any atom is 0.422 e. The van der Waals surface area contributed by atoms with Crippen molar-refractivity contribution in [3.05, 3.63) is 64.7 Å². The second kappa shape index (κ2) is 14.4. The Labute approximate surface area is 277 Å². The number of carbonyl (C=O) groups is 4. The number of carbonyl (C=O) groups excluding carboxylic acids is 3. The van der Waals surface area contributed by atoms with E-state index in [1.165, 1.54) is 24.3 Å². The molecular weight excluding hydrogens is 659 g/mol. The second-order valence-corrected chi connectivity index (χ2v) is 12.0. The van der Waals surface area contributed by atoms with Crippen molar-refractivity contribution in [3.8, 4) is 6.01 Å². The Morgan fingerprint density at radius 3 is 2.25 bits per heavy atom. The van der Waals surface area contributed by atoms with Gasteiger partial charge >= 0.3 is 18.2 Å². The number of ketones is 1. The van der Waals surface area contributed by atoms with Gasteiger partial charge in [-0.15, -0.1) is 0 Å². The van der Waals surface area contributed by atoms with Gasteiger partial charge in [-0.1, -0.05) is 23.7 Å². The Morgan fingerprint density at radius 2 is 1.65 bits per heavy atom. The number of aromatic nitrogens is 3. The van der Waals surface area contributed by atoms with E-state index in [-0.39, 0.29) is 30.3 Å². The van der Waals surface area contributed by atoms with Crippen molar-refractivity contribution in [2.24, 2.45) is 5.92 Å². The van der Waals surface area contributed by atoms with Crippen LogP contribution in [0.2, 0.25) is 5.02 Å². The SMILES string of the molecule is O=C(CC[C@H](NC(=O)c1ccc(Nc2nc(NC3(c4ccc(Cl)cc4)CC3)nc(OCC(F)(F)F)n2)cc1)C(=O)O)C(=O)NCC1CC1. The first-order valence-corrected chi connectivity index (χ1v) is 15.4. The van der Waals surface area contributed by atoms with Crippen molar-refractivity contribution < 1.29 is 42.2 Å². The van der Waals surface area contributed by atoms with Gasteiger partial charge in [0.1, 0.15) is 6.04 Å². The first-order valence-electron chi connectivity index (χ1n) is 15.0. The summed E-state index contributed by atoms with van der Waals surface area (Å²) in [5.41, 5.74) is 0.746. The molecule has 0 spiro atoms. The van der Waals surface area contributed by atoms with Gasteiger partial charge in [0.2, 0.25) is 17.7 Å². The number of amides is 2. The molecule has 0 aliphatic heterocycles. The van der Waals surface area contributed by atoms with Crippen LogP contribution in [0.15, 0.2) is 48.5 Å². The summed E-state index contributed by atoms with van der Waals surface area (Å²) in [6.45, 7) is -1.22. The summed E-state index contributed by atoms with van der Waals surface area (Å²) in [7, 11) is 0. The molecule has 13 nitrogen and oxygen atoms in total. The highest BCUT2D eigenvalue weighted by Gasteiger charge is 2.45. The van der Waals surface area contributed by atoms with Crippen molar-refractivity contribution in [1.82, 2.24) is 25.6 Å². The van der Waals surface area contributed by atoms with Gasteiger partial charge < -0.3 is 31.1 Å². The Bertz CT molecular complexity index is 1670. The fraction of sp³-hybridized carbons (Fsp3) is 0.387. The van der Waals surface area contributed by atoms with Crippen LogP contribution in [0.25, 0.3) is 0 Å². The van der Waals surface area contributed by atoms with Gasteiger partial charge in [-0.25, -0.2) is 4.79 Å². The number of nitrogens with one attached hydrogen (secondary N) is 4. The number of ether oxygens (including phenoxy) is 1. The van der Waals surface area contributed by atoms with E-state index in [0.29, 0.717) is 36.0 Å². The van der Waals surface area contributed by atoms with Crippen molar-refractivity contribution >= 4 is 52.8 Å². The number of carboxylic acid groups (broad SMARTS) is 1. The molecule has 3 aromatic rings. The molecule has 0 unspecified atom stereocenters. The molecule has 1 heterocycles. The molecular formula is C31H31ClF3N7O6. The van der Waals surface area contributed by atoms with E-state index in [0.717, 1.165) is 18.4 Å². The molecule has 0 saturated heterocycles. The largest absolute Gasteiger partial charge is 0.480 e. The smallest absolute Gasteiger partial charge is 0.422 e. The molecule has 1 atom stereocenters. The quantitative estimate of drug-likeness (QED) is 0.135. The van der Waals surface area contributed by atoms with Gasteiger partial charge in [0.15, 0.2) is 6.61 Å². The molecule has 2 fully saturated rings. The van der Waals surface area contributed by atoms with E-state index in [9.17, 15) is 37.5 Å². The summed E-state index contributed by atoms with van der Waals surface area (Å²) < 4.78 is 43.4. The van der Waals surface area contributed by atoms with Crippen LogP contribution in [-0.4, -0.2) is 69.0 Å². The molecule has 2 aromatic carbocycles. The molecule has 2 amide bonds. The average molecular weight is 690 g/mol. The minimum absolute atomic E-state index is 0.0355. The van der Waals surface area contributed by atoms with Crippen molar-refractivity contribution in [3.63, 3.8) is 0 Å². The third-order valence-corrected chi connectivity index (χ3v) is 7.90. The first kappa shape index (κ1) is 34.3. The van der Waals surface area contributed by atoms with Gasteiger partial charge in [0.05, 0.1) is 5.54 Å². The van der Waals surface area contributed by atoms with Crippen LogP contribution in [0.5, 0.6) is 6.01 Å². The number of carboxylic acids is 1. The number of alkyl halides is 3. The summed E-state index contributed by atoms with van der Waals surface area (Å²) >= 11 is 6.01. The molecule has 5 rings (SSSR count). The van der Waals surface area contributed by atoms with E-state index in [2.05, 4.69) is 36.2 Å². The van der Waals surface area contributed by atoms with Crippen LogP contribution < -0.4 is 26.0 Å². The summed E-state index contributed by atoms with van der Waals surface area (Å²) in [4.78, 5) is 60.8. The lowest BCUT2D eigenvalue weighted by molar-refractivity contribution is -0.154. The lowest BCUT2D eigenvalue weighted by atomic mass is 10.1. The third-order valence-electron chi connectivity index (χ3n) is 7.65. The van der Waals surface area contributed by atoms with E-state index in [1.807, 2.05) is 12.1 Å². The Hall–Kier alpha value is -4.99. The highest BCUT2D eigenvalue weighted by molar-refractivity contribution is 6.36. The van der Waals surface area contributed by atoms with Crippen LogP contribution in [-0.2, 0) is 19.9 Å². The van der Waals surface area contributed by atoms with Crippen LogP contribution in [0.3, 0.4) is 0 Å². The van der Waals surface area contributed by atoms with Gasteiger partial charge in [-0.3, -0.25) is 14.4 Å². The summed E-state index contributed by atoms with van der Waals surface area (Å²) in [5, 5.41) is 21.0. The number of halogens is 4. The number of aliphatic carboxylic acids is 1. The summed E-state index contributed by atoms with van der Waals surface area (Å²) in [6.07, 6.45) is -1.89. The predicted molar refractivity (Wildman–Crippen MR) is 166 cm³/mol. The highest BCUT2D eigenvalue weighted by atomic mass is 35.5. The zero-order chi connectivity index (χ0) is 34.5. The van der Waals surface area contributed by atoms with Gasteiger partial charge in [-0.05, 0) is 80.0 Å². The first-order chi connectivity index (χ1) is 22.8. The average Bonchev–Trinajstić information content (AvgIpc) is 3.98. The lowest BCUT2D eigenvalue weighted by Crippen LogP contribution is -2.42. The van der Waals surface area contributed by atoms with Crippen LogP contribution >= 0.6 is 11.6 Å². The van der Waals surface area contributed by atoms with Crippen molar-refractivity contribution in [2.75, 3.05) is 23.8 Å². The molecule has 2 aliphatic carbocycles. The maximum atomic E-state index is 12.9. The number of nitrogens with zero attached hydrogens (tertiary/aromatic N) is 3. The number of anilines is 3. The Kier molecular flexibility index (Phi) is 10.3. The topological polar surface area (TPSA) is 185 Å². The van der Waals surface area contributed by atoms with Crippen LogP contribution in [0.1, 0.15) is 54.4 Å². The maximum absolute atomic E-state index is 12.9. The number of benzene rings is 2. The normalized spacial score (nSPS) is 15.5.